The molecule has 7 aromatic rings. The van der Waals surface area contributed by atoms with Crippen molar-refractivity contribution in [3.63, 3.8) is 0 Å². The molecular weight excluding hydrogens is 568 g/mol. The third kappa shape index (κ3) is 4.20. The summed E-state index contributed by atoms with van der Waals surface area (Å²) < 4.78 is 38.7. The summed E-state index contributed by atoms with van der Waals surface area (Å²) in [6.07, 6.45) is 1.96. The second-order valence-electron chi connectivity index (χ2n) is 10.2. The van der Waals surface area contributed by atoms with Crippen LogP contribution in [0.1, 0.15) is 16.2 Å². The highest BCUT2D eigenvalue weighted by molar-refractivity contribution is 7.99. The van der Waals surface area contributed by atoms with Crippen molar-refractivity contribution < 1.29 is 18.0 Å². The van der Waals surface area contributed by atoms with E-state index in [0.29, 0.717) is 50.0 Å². The zero-order chi connectivity index (χ0) is 30.0. The van der Waals surface area contributed by atoms with Gasteiger partial charge in [0, 0.05) is 48.3 Å². The van der Waals surface area contributed by atoms with E-state index in [1.165, 1.54) is 30.1 Å². The van der Waals surface area contributed by atoms with Crippen LogP contribution in [-0.2, 0) is 0 Å². The quantitative estimate of drug-likeness (QED) is 0.206. The van der Waals surface area contributed by atoms with Gasteiger partial charge in [-0.15, -0.1) is 0 Å². The van der Waals surface area contributed by atoms with Gasteiger partial charge in [0.05, 0.1) is 33.5 Å². The van der Waals surface area contributed by atoms with Gasteiger partial charge in [0.15, 0.2) is 0 Å². The monoisotopic (exact) mass is 593 g/mol. The Morgan fingerprint density at radius 1 is 0.977 bits per heavy atom. The van der Waals surface area contributed by atoms with Crippen LogP contribution < -0.4 is 9.62 Å². The average molecular weight is 594 g/mol. The van der Waals surface area contributed by atoms with Gasteiger partial charge in [-0.3, -0.25) is 9.20 Å². The fraction of sp³-hybridized carbons (Fsp3) is 0.121. The number of pyridine rings is 1. The number of hydrogen-bond acceptors (Lipinski definition) is 6. The molecule has 1 amide bonds. The van der Waals surface area contributed by atoms with Gasteiger partial charge in [-0.05, 0) is 67.6 Å². The van der Waals surface area contributed by atoms with E-state index in [4.69, 9.17) is 14.4 Å². The van der Waals surface area contributed by atoms with Crippen LogP contribution in [-0.4, -0.2) is 40.6 Å². The Balaban J connectivity index is 1.52. The molecule has 0 saturated carbocycles. The lowest BCUT2D eigenvalue weighted by Gasteiger charge is -2.19. The summed E-state index contributed by atoms with van der Waals surface area (Å²) in [5.74, 6) is 0.0535. The summed E-state index contributed by atoms with van der Waals surface area (Å²) in [4.78, 5) is 23.1. The largest absolute Gasteiger partial charge is 0.455 e. The first-order valence-electron chi connectivity index (χ1n) is 13.5. The molecule has 0 fully saturated rings. The molecular formula is C33H25F2N5O2S. The third-order valence-electron chi connectivity index (χ3n) is 7.77. The molecule has 0 spiro atoms. The number of carbonyl (C=O) groups is 1. The van der Waals surface area contributed by atoms with Gasteiger partial charge in [-0.2, -0.15) is 0 Å². The van der Waals surface area contributed by atoms with Crippen LogP contribution >= 0.6 is 11.9 Å². The molecule has 4 aromatic heterocycles. The van der Waals surface area contributed by atoms with Crippen molar-refractivity contribution in [3.05, 3.63) is 95.8 Å². The number of aryl methyl sites for hydroxylation is 1. The van der Waals surface area contributed by atoms with E-state index in [0.717, 1.165) is 28.1 Å². The summed E-state index contributed by atoms with van der Waals surface area (Å²) in [6, 6.07) is 20.2. The predicted molar refractivity (Wildman–Crippen MR) is 169 cm³/mol. The number of hydrogen-bond donors (Lipinski definition) is 1. The SMILES string of the molecule is CNC(=O)c1c(-c2ccc(F)cc2)oc2cc(N(C)SC)c(-c3ccc4nc(C)n5c6cccc(F)c6cc5c4n3)cc12. The van der Waals surface area contributed by atoms with E-state index in [2.05, 4.69) is 5.32 Å². The highest BCUT2D eigenvalue weighted by Crippen LogP contribution is 2.42. The van der Waals surface area contributed by atoms with Gasteiger partial charge >= 0.3 is 0 Å². The van der Waals surface area contributed by atoms with Crippen molar-refractivity contribution in [2.45, 2.75) is 6.92 Å². The van der Waals surface area contributed by atoms with Gasteiger partial charge in [-0.1, -0.05) is 18.0 Å². The molecule has 0 unspecified atom stereocenters. The summed E-state index contributed by atoms with van der Waals surface area (Å²) in [6.45, 7) is 1.89. The van der Waals surface area contributed by atoms with Crippen LogP contribution in [0.15, 0.2) is 77.2 Å². The van der Waals surface area contributed by atoms with Crippen molar-refractivity contribution >= 4 is 62.0 Å². The number of nitrogens with zero attached hydrogens (tertiary/aromatic N) is 4. The fourth-order valence-electron chi connectivity index (χ4n) is 5.67. The second-order valence-corrected chi connectivity index (χ2v) is 11.1. The van der Waals surface area contributed by atoms with Crippen LogP contribution in [0.4, 0.5) is 14.5 Å². The lowest BCUT2D eigenvalue weighted by atomic mass is 10.0. The molecule has 1 N–H and O–H groups in total. The third-order valence-corrected chi connectivity index (χ3v) is 8.52. The maximum Gasteiger partial charge on any atom is 0.255 e. The van der Waals surface area contributed by atoms with Crippen LogP contribution in [0.2, 0.25) is 0 Å². The number of fused-ring (bicyclic) bond motifs is 6. The molecule has 214 valence electrons. The van der Waals surface area contributed by atoms with E-state index in [9.17, 15) is 13.6 Å². The highest BCUT2D eigenvalue weighted by atomic mass is 32.2. The van der Waals surface area contributed by atoms with Crippen LogP contribution in [0.3, 0.4) is 0 Å². The summed E-state index contributed by atoms with van der Waals surface area (Å²) in [5, 5.41) is 3.80. The summed E-state index contributed by atoms with van der Waals surface area (Å²) in [5.41, 5.74) is 6.45. The molecule has 4 heterocycles. The molecule has 3 aromatic carbocycles. The first-order chi connectivity index (χ1) is 20.8. The molecule has 43 heavy (non-hydrogen) atoms. The number of amides is 1. The smallest absolute Gasteiger partial charge is 0.255 e. The van der Waals surface area contributed by atoms with E-state index in [1.54, 1.807) is 25.2 Å². The molecule has 0 aliphatic heterocycles. The van der Waals surface area contributed by atoms with E-state index in [1.807, 2.05) is 65.3 Å². The molecule has 7 rings (SSSR count). The zero-order valence-electron chi connectivity index (χ0n) is 23.7. The Hall–Kier alpha value is -4.96. The minimum Gasteiger partial charge on any atom is -0.455 e. The molecule has 0 radical (unpaired) electrons. The van der Waals surface area contributed by atoms with Gasteiger partial charge in [0.2, 0.25) is 0 Å². The maximum absolute atomic E-state index is 14.8. The van der Waals surface area contributed by atoms with E-state index < -0.39 is 0 Å². The predicted octanol–water partition coefficient (Wildman–Crippen LogP) is 7.78. The van der Waals surface area contributed by atoms with Crippen LogP contribution in [0.5, 0.6) is 0 Å². The number of furan rings is 1. The number of aromatic nitrogens is 3. The zero-order valence-corrected chi connectivity index (χ0v) is 24.5. The average Bonchev–Trinajstić information content (AvgIpc) is 3.60. The molecule has 0 saturated heterocycles. The minimum absolute atomic E-state index is 0.308. The number of rotatable bonds is 5. The summed E-state index contributed by atoms with van der Waals surface area (Å²) >= 11 is 1.51. The van der Waals surface area contributed by atoms with E-state index >= 15 is 0 Å². The number of halogens is 2. The fourth-order valence-corrected chi connectivity index (χ4v) is 6.02. The first-order valence-corrected chi connectivity index (χ1v) is 14.7. The molecule has 7 nitrogen and oxygen atoms in total. The lowest BCUT2D eigenvalue weighted by Crippen LogP contribution is -2.18. The Morgan fingerprint density at radius 2 is 1.77 bits per heavy atom. The number of nitrogens with one attached hydrogen (secondary N) is 1. The number of anilines is 1. The van der Waals surface area contributed by atoms with E-state index in [-0.39, 0.29) is 17.5 Å². The van der Waals surface area contributed by atoms with Crippen molar-refractivity contribution in [1.29, 1.82) is 0 Å². The van der Waals surface area contributed by atoms with Crippen molar-refractivity contribution in [2.24, 2.45) is 0 Å². The topological polar surface area (TPSA) is 75.7 Å². The van der Waals surface area contributed by atoms with Gasteiger partial charge in [0.25, 0.3) is 5.91 Å². The number of carbonyl (C=O) groups excluding carboxylic acids is 1. The second kappa shape index (κ2) is 10.1. The van der Waals surface area contributed by atoms with Crippen molar-refractivity contribution in [3.8, 4) is 22.6 Å². The highest BCUT2D eigenvalue weighted by Gasteiger charge is 2.25. The Bertz CT molecular complexity index is 2240. The molecule has 0 bridgehead atoms. The molecule has 0 aliphatic rings. The van der Waals surface area contributed by atoms with Crippen LogP contribution in [0.25, 0.3) is 61.0 Å². The lowest BCUT2D eigenvalue weighted by molar-refractivity contribution is 0.0964. The normalized spacial score (nSPS) is 11.7. The molecule has 10 heteroatoms. The molecule has 0 aliphatic carbocycles. The first kappa shape index (κ1) is 26.9. The van der Waals surface area contributed by atoms with Gasteiger partial charge in [-0.25, -0.2) is 18.7 Å². The Labute approximate surface area is 249 Å². The van der Waals surface area contributed by atoms with Crippen LogP contribution in [0, 0.1) is 18.6 Å². The van der Waals surface area contributed by atoms with Gasteiger partial charge < -0.3 is 14.0 Å². The minimum atomic E-state index is -0.382. The molecule has 0 atom stereocenters. The standard InChI is InChI=1S/C33H25F2N5O2S/c1-17-37-25-13-12-24(38-31(25)28-15-20-23(35)6-5-7-26(20)40(17)28)21-14-22-29(16-27(21)39(3)43-4)42-32(30(22)33(41)36-2)18-8-10-19(34)11-9-18/h5-16H,1-4H3,(H,36,41). The number of benzene rings is 3. The summed E-state index contributed by atoms with van der Waals surface area (Å²) in [7, 11) is 3.49. The van der Waals surface area contributed by atoms with Crippen molar-refractivity contribution in [1.82, 2.24) is 19.7 Å². The van der Waals surface area contributed by atoms with Crippen molar-refractivity contribution in [2.75, 3.05) is 24.7 Å². The Kier molecular flexibility index (Phi) is 6.32. The maximum atomic E-state index is 14.8. The van der Waals surface area contributed by atoms with Gasteiger partial charge in [0.1, 0.15) is 34.3 Å². The Morgan fingerprint density at radius 3 is 2.51 bits per heavy atom.